The molecule has 2 fully saturated rings. The lowest BCUT2D eigenvalue weighted by Crippen LogP contribution is -2.35. The average Bonchev–Trinajstić information content (AvgIpc) is 3.14. The van der Waals surface area contributed by atoms with Crippen molar-refractivity contribution in [3.63, 3.8) is 0 Å². The predicted molar refractivity (Wildman–Crippen MR) is 125 cm³/mol. The number of Topliss-reactive ketones (excluding diaryl/α,β-unsaturated/α-hetero) is 1. The minimum atomic E-state index is -0.761. The molecule has 1 saturated heterocycles. The number of hydrogen-bond acceptors (Lipinski definition) is 4. The van der Waals surface area contributed by atoms with Gasteiger partial charge in [-0.1, -0.05) is 44.3 Å². The SMILES string of the molecule is O=C(O)CCCCCC1C(=O)CCC1C=CC(O)CCCCCCC(=O)N1CCCCC1. The van der Waals surface area contributed by atoms with Crippen molar-refractivity contribution in [2.24, 2.45) is 11.8 Å². The first-order chi connectivity index (χ1) is 15.5. The van der Waals surface area contributed by atoms with Crippen LogP contribution in [0.25, 0.3) is 0 Å². The number of aliphatic hydroxyl groups excluding tert-OH is 1. The maximum atomic E-state index is 12.2. The molecule has 32 heavy (non-hydrogen) atoms. The summed E-state index contributed by atoms with van der Waals surface area (Å²) in [5.41, 5.74) is 0. The summed E-state index contributed by atoms with van der Waals surface area (Å²) >= 11 is 0. The van der Waals surface area contributed by atoms with Gasteiger partial charge in [-0.3, -0.25) is 14.4 Å². The standard InChI is InChI=1S/C26H43NO5/c28-22(11-5-1-2-7-13-25(30)27-19-9-4-10-20-27)17-15-21-16-18-24(29)23(21)12-6-3-8-14-26(31)32/h15,17,21-23,28H,1-14,16,18-20H2,(H,31,32). The molecular weight excluding hydrogens is 406 g/mol. The molecule has 3 atom stereocenters. The number of unbranched alkanes of at least 4 members (excludes halogenated alkanes) is 5. The molecule has 1 heterocycles. The summed E-state index contributed by atoms with van der Waals surface area (Å²) in [6.45, 7) is 1.85. The normalized spacial score (nSPS) is 22.5. The Balaban J connectivity index is 1.55. The quantitative estimate of drug-likeness (QED) is 0.274. The van der Waals surface area contributed by atoms with E-state index in [2.05, 4.69) is 0 Å². The topological polar surface area (TPSA) is 94.9 Å². The first kappa shape index (κ1) is 26.6. The van der Waals surface area contributed by atoms with E-state index in [1.165, 1.54) is 6.42 Å². The minimum Gasteiger partial charge on any atom is -0.481 e. The zero-order chi connectivity index (χ0) is 23.2. The van der Waals surface area contributed by atoms with E-state index >= 15 is 0 Å². The van der Waals surface area contributed by atoms with Crippen molar-refractivity contribution in [3.05, 3.63) is 12.2 Å². The molecule has 0 aromatic carbocycles. The molecule has 1 aliphatic heterocycles. The van der Waals surface area contributed by atoms with Gasteiger partial charge in [-0.2, -0.15) is 0 Å². The smallest absolute Gasteiger partial charge is 0.303 e. The third kappa shape index (κ3) is 10.3. The summed E-state index contributed by atoms with van der Waals surface area (Å²) in [4.78, 5) is 37.0. The number of hydrogen-bond donors (Lipinski definition) is 2. The maximum Gasteiger partial charge on any atom is 0.303 e. The van der Waals surface area contributed by atoms with E-state index in [-0.39, 0.29) is 18.3 Å². The van der Waals surface area contributed by atoms with E-state index in [0.29, 0.717) is 31.0 Å². The van der Waals surface area contributed by atoms with E-state index in [4.69, 9.17) is 5.11 Å². The first-order valence-electron chi connectivity index (χ1n) is 12.9. The lowest BCUT2D eigenvalue weighted by molar-refractivity contribution is -0.137. The largest absolute Gasteiger partial charge is 0.481 e. The van der Waals surface area contributed by atoms with Gasteiger partial charge in [-0.15, -0.1) is 0 Å². The zero-order valence-electron chi connectivity index (χ0n) is 19.7. The van der Waals surface area contributed by atoms with Crippen molar-refractivity contribution in [2.75, 3.05) is 13.1 Å². The number of aliphatic hydroxyl groups is 1. The fraction of sp³-hybridized carbons (Fsp3) is 0.808. The number of nitrogens with zero attached hydrogens (tertiary/aromatic N) is 1. The molecule has 1 amide bonds. The van der Waals surface area contributed by atoms with Crippen LogP contribution in [0.1, 0.15) is 103 Å². The van der Waals surface area contributed by atoms with Crippen LogP contribution in [-0.4, -0.2) is 52.0 Å². The molecular formula is C26H43NO5. The molecule has 2 N–H and O–H groups in total. The van der Waals surface area contributed by atoms with Crippen molar-refractivity contribution in [1.82, 2.24) is 4.90 Å². The van der Waals surface area contributed by atoms with Crippen LogP contribution in [0.15, 0.2) is 12.2 Å². The molecule has 0 aromatic heterocycles. The maximum absolute atomic E-state index is 12.2. The lowest BCUT2D eigenvalue weighted by Gasteiger charge is -2.26. The van der Waals surface area contributed by atoms with Gasteiger partial charge in [0.2, 0.25) is 5.91 Å². The van der Waals surface area contributed by atoms with Crippen molar-refractivity contribution in [3.8, 4) is 0 Å². The molecule has 2 rings (SSSR count). The molecule has 182 valence electrons. The molecule has 2 aliphatic rings. The van der Waals surface area contributed by atoms with Gasteiger partial charge in [0.05, 0.1) is 6.10 Å². The second-order valence-electron chi connectivity index (χ2n) is 9.61. The van der Waals surface area contributed by atoms with Gasteiger partial charge < -0.3 is 15.1 Å². The molecule has 6 nitrogen and oxygen atoms in total. The van der Waals surface area contributed by atoms with Gasteiger partial charge >= 0.3 is 5.97 Å². The third-order valence-electron chi connectivity index (χ3n) is 6.99. The Hall–Kier alpha value is -1.69. The predicted octanol–water partition coefficient (Wildman–Crippen LogP) is 4.89. The molecule has 0 aromatic rings. The number of rotatable bonds is 15. The zero-order valence-corrected chi connectivity index (χ0v) is 19.7. The highest BCUT2D eigenvalue weighted by Crippen LogP contribution is 2.34. The van der Waals surface area contributed by atoms with Gasteiger partial charge in [-0.25, -0.2) is 0 Å². The van der Waals surface area contributed by atoms with Crippen LogP contribution in [0.2, 0.25) is 0 Å². The van der Waals surface area contributed by atoms with Gasteiger partial charge in [0.15, 0.2) is 0 Å². The number of carboxylic acid groups (broad SMARTS) is 1. The fourth-order valence-corrected chi connectivity index (χ4v) is 5.01. The van der Waals surface area contributed by atoms with Crippen molar-refractivity contribution >= 4 is 17.7 Å². The number of carbonyl (C=O) groups is 3. The molecule has 0 radical (unpaired) electrons. The highest BCUT2D eigenvalue weighted by atomic mass is 16.4. The number of piperidine rings is 1. The molecule has 6 heteroatoms. The Bertz CT molecular complexity index is 611. The van der Waals surface area contributed by atoms with E-state index in [0.717, 1.165) is 83.7 Å². The molecule has 1 aliphatic carbocycles. The summed E-state index contributed by atoms with van der Waals surface area (Å²) in [5, 5.41) is 19.0. The van der Waals surface area contributed by atoms with Crippen molar-refractivity contribution < 1.29 is 24.6 Å². The van der Waals surface area contributed by atoms with Crippen LogP contribution in [0.4, 0.5) is 0 Å². The van der Waals surface area contributed by atoms with Gasteiger partial charge in [-0.05, 0) is 57.3 Å². The summed E-state index contributed by atoms with van der Waals surface area (Å²) < 4.78 is 0. The summed E-state index contributed by atoms with van der Waals surface area (Å²) in [5.74, 6) is 0.0857. The van der Waals surface area contributed by atoms with Crippen LogP contribution in [0.5, 0.6) is 0 Å². The number of aliphatic carboxylic acids is 1. The highest BCUT2D eigenvalue weighted by Gasteiger charge is 2.32. The summed E-state index contributed by atoms with van der Waals surface area (Å²) in [6.07, 6.45) is 17.1. The van der Waals surface area contributed by atoms with E-state index in [1.807, 2.05) is 17.1 Å². The lowest BCUT2D eigenvalue weighted by atomic mass is 9.89. The Kier molecular flexibility index (Phi) is 12.6. The monoisotopic (exact) mass is 449 g/mol. The van der Waals surface area contributed by atoms with Crippen molar-refractivity contribution in [1.29, 1.82) is 0 Å². The van der Waals surface area contributed by atoms with Gasteiger partial charge in [0.25, 0.3) is 0 Å². The Morgan fingerprint density at radius 1 is 0.969 bits per heavy atom. The van der Waals surface area contributed by atoms with E-state index in [1.54, 1.807) is 0 Å². The van der Waals surface area contributed by atoms with Crippen LogP contribution in [0, 0.1) is 11.8 Å². The average molecular weight is 450 g/mol. The number of likely N-dealkylation sites (tertiary alicyclic amines) is 1. The van der Waals surface area contributed by atoms with E-state index in [9.17, 15) is 19.5 Å². The van der Waals surface area contributed by atoms with Gasteiger partial charge in [0, 0.05) is 38.3 Å². The fourth-order valence-electron chi connectivity index (χ4n) is 5.01. The number of carbonyl (C=O) groups excluding carboxylic acids is 2. The Morgan fingerprint density at radius 2 is 1.66 bits per heavy atom. The van der Waals surface area contributed by atoms with Gasteiger partial charge in [0.1, 0.15) is 5.78 Å². The number of amides is 1. The number of allylic oxidation sites excluding steroid dienone is 1. The van der Waals surface area contributed by atoms with Crippen LogP contribution < -0.4 is 0 Å². The first-order valence-corrected chi connectivity index (χ1v) is 12.9. The molecule has 3 unspecified atom stereocenters. The van der Waals surface area contributed by atoms with Crippen LogP contribution >= 0.6 is 0 Å². The Labute approximate surface area is 193 Å². The molecule has 0 spiro atoms. The van der Waals surface area contributed by atoms with E-state index < -0.39 is 12.1 Å². The minimum absolute atomic E-state index is 0.0284. The molecule has 0 bridgehead atoms. The highest BCUT2D eigenvalue weighted by molar-refractivity contribution is 5.83. The number of carboxylic acids is 1. The summed E-state index contributed by atoms with van der Waals surface area (Å²) in [6, 6.07) is 0. The summed E-state index contributed by atoms with van der Waals surface area (Å²) in [7, 11) is 0. The number of ketones is 1. The van der Waals surface area contributed by atoms with Crippen LogP contribution in [-0.2, 0) is 14.4 Å². The third-order valence-corrected chi connectivity index (χ3v) is 6.99. The van der Waals surface area contributed by atoms with Crippen molar-refractivity contribution in [2.45, 2.75) is 109 Å². The second kappa shape index (κ2) is 15.2. The van der Waals surface area contributed by atoms with Crippen LogP contribution in [0.3, 0.4) is 0 Å². The Morgan fingerprint density at radius 3 is 2.41 bits per heavy atom. The molecule has 1 saturated carbocycles. The second-order valence-corrected chi connectivity index (χ2v) is 9.61.